The number of ketones is 2. The molecule has 0 bridgehead atoms. The summed E-state index contributed by atoms with van der Waals surface area (Å²) in [4.78, 5) is 50.0. The van der Waals surface area contributed by atoms with Gasteiger partial charge in [-0.3, -0.25) is 14.4 Å². The third-order valence-electron chi connectivity index (χ3n) is 9.99. The van der Waals surface area contributed by atoms with Crippen molar-refractivity contribution in [3.63, 3.8) is 0 Å². The Morgan fingerprint density at radius 1 is 1.10 bits per heavy atom. The van der Waals surface area contributed by atoms with E-state index in [0.717, 1.165) is 12.0 Å². The minimum Gasteiger partial charge on any atom is -0.457 e. The van der Waals surface area contributed by atoms with Crippen LogP contribution in [0.5, 0.6) is 0 Å². The molecule has 0 aliphatic heterocycles. The molecular weight excluding hydrogens is 524 g/mol. The Labute approximate surface area is 235 Å². The quantitative estimate of drug-likeness (QED) is 0.299. The molecule has 9 heteroatoms. The van der Waals surface area contributed by atoms with Gasteiger partial charge in [-0.05, 0) is 68.9 Å². The summed E-state index contributed by atoms with van der Waals surface area (Å²) in [6, 6.07) is 0. The number of carbonyl (C=O) groups excluding carboxylic acids is 4. The van der Waals surface area contributed by atoms with Crippen molar-refractivity contribution >= 4 is 35.3 Å². The summed E-state index contributed by atoms with van der Waals surface area (Å²) in [5.74, 6) is -1.46. The molecule has 8 nitrogen and oxygen atoms in total. The molecule has 4 aliphatic rings. The fourth-order valence-corrected chi connectivity index (χ4v) is 8.42. The number of unbranched alkanes of at least 4 members (excludes halogenated alkanes) is 1. The van der Waals surface area contributed by atoms with E-state index in [9.17, 15) is 24.3 Å². The fraction of sp³-hybridized carbons (Fsp3) is 0.733. The van der Waals surface area contributed by atoms with Gasteiger partial charge in [0.2, 0.25) is 5.78 Å². The van der Waals surface area contributed by atoms with Crippen LogP contribution < -0.4 is 0 Å². The van der Waals surface area contributed by atoms with Crippen molar-refractivity contribution in [2.24, 2.45) is 22.7 Å². The lowest BCUT2D eigenvalue weighted by molar-refractivity contribution is -0.182. The normalized spacial score (nSPS) is 38.7. The van der Waals surface area contributed by atoms with Crippen molar-refractivity contribution in [1.29, 1.82) is 0 Å². The summed E-state index contributed by atoms with van der Waals surface area (Å²) in [6.45, 7) is 7.28. The number of hydrogen-bond donors (Lipinski definition) is 1. The topological polar surface area (TPSA) is 116 Å². The van der Waals surface area contributed by atoms with E-state index in [1.54, 1.807) is 6.08 Å². The molecule has 0 saturated heterocycles. The highest BCUT2D eigenvalue weighted by atomic mass is 35.5. The van der Waals surface area contributed by atoms with Crippen molar-refractivity contribution in [2.75, 3.05) is 13.2 Å². The van der Waals surface area contributed by atoms with Crippen LogP contribution in [0.2, 0.25) is 0 Å². The lowest BCUT2D eigenvalue weighted by Gasteiger charge is -2.63. The molecule has 0 heterocycles. The van der Waals surface area contributed by atoms with Gasteiger partial charge in [0.15, 0.2) is 18.0 Å². The van der Waals surface area contributed by atoms with Crippen LogP contribution >= 0.6 is 11.6 Å². The second-order valence-corrected chi connectivity index (χ2v) is 12.6. The number of aliphatic hydroxyl groups is 1. The van der Waals surface area contributed by atoms with Crippen LogP contribution in [0.1, 0.15) is 85.5 Å². The second kappa shape index (κ2) is 11.0. The summed E-state index contributed by atoms with van der Waals surface area (Å²) in [5, 5.41) is 11.8. The summed E-state index contributed by atoms with van der Waals surface area (Å²) < 4.78 is 16.5. The molecule has 216 valence electrons. The maximum absolute atomic E-state index is 13.9. The number of aliphatic hydroxyl groups excluding tert-OH is 1. The van der Waals surface area contributed by atoms with E-state index in [-0.39, 0.29) is 43.5 Å². The van der Waals surface area contributed by atoms with Gasteiger partial charge in [-0.15, -0.1) is 11.6 Å². The SMILES string of the molecule is CCCCC(=O)OCC(=O)[C@@]1(OC(=O)OCCC)CC[C@H]2[C@@H]3CCC4=CC(=O)C=C[C@]4(C)[C@@]3(Cl)C(O)C[C@@]21C. The minimum absolute atomic E-state index is 0.0886. The van der Waals surface area contributed by atoms with E-state index in [1.807, 2.05) is 33.8 Å². The zero-order valence-electron chi connectivity index (χ0n) is 23.4. The van der Waals surface area contributed by atoms with Gasteiger partial charge in [0.1, 0.15) is 0 Å². The number of alkyl halides is 1. The molecule has 0 spiro atoms. The Morgan fingerprint density at radius 2 is 1.85 bits per heavy atom. The van der Waals surface area contributed by atoms with Gasteiger partial charge in [0.05, 0.1) is 17.6 Å². The molecule has 3 saturated carbocycles. The van der Waals surface area contributed by atoms with Gasteiger partial charge >= 0.3 is 12.1 Å². The van der Waals surface area contributed by atoms with Gasteiger partial charge in [-0.25, -0.2) is 4.79 Å². The molecular formula is C30H41ClO8. The maximum Gasteiger partial charge on any atom is 0.509 e. The predicted octanol–water partition coefficient (Wildman–Crippen LogP) is 5.23. The molecule has 0 radical (unpaired) electrons. The van der Waals surface area contributed by atoms with Crippen molar-refractivity contribution in [1.82, 2.24) is 0 Å². The summed E-state index contributed by atoms with van der Waals surface area (Å²) >= 11 is 7.48. The molecule has 7 atom stereocenters. The number of fused-ring (bicyclic) bond motifs is 5. The van der Waals surface area contributed by atoms with Gasteiger partial charge in [-0.1, -0.05) is 45.8 Å². The lowest BCUT2D eigenvalue weighted by Crippen LogP contribution is -2.69. The molecule has 0 aromatic heterocycles. The summed E-state index contributed by atoms with van der Waals surface area (Å²) in [5.41, 5.74) is -2.44. The molecule has 0 aromatic carbocycles. The van der Waals surface area contributed by atoms with Crippen LogP contribution in [-0.2, 0) is 28.6 Å². The Kier molecular flexibility index (Phi) is 8.40. The first-order valence-corrected chi connectivity index (χ1v) is 14.6. The van der Waals surface area contributed by atoms with Gasteiger partial charge in [0, 0.05) is 17.3 Å². The number of rotatable bonds is 9. The van der Waals surface area contributed by atoms with E-state index in [2.05, 4.69) is 0 Å². The third kappa shape index (κ3) is 4.65. The lowest BCUT2D eigenvalue weighted by atomic mass is 9.45. The van der Waals surface area contributed by atoms with Crippen molar-refractivity contribution < 1.29 is 38.5 Å². The molecule has 1 unspecified atom stereocenters. The average molecular weight is 565 g/mol. The van der Waals surface area contributed by atoms with E-state index in [0.29, 0.717) is 32.1 Å². The summed E-state index contributed by atoms with van der Waals surface area (Å²) in [6.07, 6.45) is 7.32. The molecule has 39 heavy (non-hydrogen) atoms. The van der Waals surface area contributed by atoms with E-state index in [4.69, 9.17) is 25.8 Å². The van der Waals surface area contributed by atoms with Crippen molar-refractivity contribution in [3.05, 3.63) is 23.8 Å². The highest BCUT2D eigenvalue weighted by Gasteiger charge is 2.74. The molecule has 4 aliphatic carbocycles. The van der Waals surface area contributed by atoms with Crippen LogP contribution in [-0.4, -0.2) is 58.6 Å². The number of hydrogen-bond acceptors (Lipinski definition) is 8. The zero-order chi connectivity index (χ0) is 28.6. The molecule has 0 amide bonds. The maximum atomic E-state index is 13.9. The van der Waals surface area contributed by atoms with Crippen LogP contribution in [0, 0.1) is 22.7 Å². The van der Waals surface area contributed by atoms with Crippen LogP contribution in [0.3, 0.4) is 0 Å². The second-order valence-electron chi connectivity index (χ2n) is 12.0. The van der Waals surface area contributed by atoms with Gasteiger partial charge < -0.3 is 19.3 Å². The van der Waals surface area contributed by atoms with Crippen LogP contribution in [0.15, 0.2) is 23.8 Å². The fourth-order valence-electron chi connectivity index (χ4n) is 7.89. The number of allylic oxidation sites excluding steroid dienone is 4. The van der Waals surface area contributed by atoms with Gasteiger partial charge in [0.25, 0.3) is 0 Å². The first kappa shape index (κ1) is 29.8. The van der Waals surface area contributed by atoms with E-state index >= 15 is 0 Å². The Hall–Kier alpha value is -2.19. The smallest absolute Gasteiger partial charge is 0.457 e. The first-order valence-electron chi connectivity index (χ1n) is 14.3. The van der Waals surface area contributed by atoms with Crippen molar-refractivity contribution in [2.45, 2.75) is 102 Å². The highest BCUT2D eigenvalue weighted by molar-refractivity contribution is 6.26. The highest BCUT2D eigenvalue weighted by Crippen LogP contribution is 2.71. The molecule has 0 aromatic rings. The number of esters is 1. The Morgan fingerprint density at radius 3 is 2.54 bits per heavy atom. The molecule has 1 N–H and O–H groups in total. The van der Waals surface area contributed by atoms with E-state index in [1.165, 1.54) is 6.08 Å². The number of ether oxygens (including phenoxy) is 3. The molecule has 4 rings (SSSR count). The minimum atomic E-state index is -1.64. The van der Waals surface area contributed by atoms with Gasteiger partial charge in [-0.2, -0.15) is 0 Å². The predicted molar refractivity (Wildman–Crippen MR) is 144 cm³/mol. The third-order valence-corrected chi connectivity index (χ3v) is 10.9. The number of Topliss-reactive ketones (excluding diaryl/α,β-unsaturated/α-hetero) is 1. The standard InChI is InChI=1S/C30H41ClO8/c1-5-7-8-25(35)38-18-24(34)29(39-26(36)37-15-6-2)14-12-21-22-10-9-19-16-20(32)11-13-27(19,3)30(22,31)23(33)17-28(21,29)4/h11,13,16,21-23,33H,5-10,12,14-15,17-18H2,1-4H3/t21-,22-,23?,27-,28-,29-,30-/m0/s1. The Balaban J connectivity index is 1.69. The first-order chi connectivity index (χ1) is 18.4. The zero-order valence-corrected chi connectivity index (χ0v) is 24.2. The summed E-state index contributed by atoms with van der Waals surface area (Å²) in [7, 11) is 0. The number of halogens is 1. The molecule has 3 fully saturated rings. The van der Waals surface area contributed by atoms with Crippen LogP contribution in [0.4, 0.5) is 4.79 Å². The van der Waals surface area contributed by atoms with Crippen molar-refractivity contribution in [3.8, 4) is 0 Å². The average Bonchev–Trinajstić information content (AvgIpc) is 3.18. The number of carbonyl (C=O) groups is 4. The van der Waals surface area contributed by atoms with Crippen LogP contribution in [0.25, 0.3) is 0 Å². The Bertz CT molecular complexity index is 1080. The van der Waals surface area contributed by atoms with E-state index < -0.39 is 51.9 Å². The largest absolute Gasteiger partial charge is 0.509 e. The monoisotopic (exact) mass is 564 g/mol.